The quantitative estimate of drug-likeness (QED) is 0.766. The van der Waals surface area contributed by atoms with Crippen molar-refractivity contribution < 1.29 is 9.47 Å². The molecular weight excluding hydrogens is 344 g/mol. The standard InChI is InChI=1S/C19H24N6O2/c1-13-12-26-11-9-24(13)16-6-5-14-18(20-16)19(22-21-14)15-7-8-25(23-15)17-4-2-3-10-27-17/h5-8,13,17H,2-4,9-12H2,1H3,(H,21,22)/t13-,17?/m1/s1. The first-order valence-electron chi connectivity index (χ1n) is 9.66. The van der Waals surface area contributed by atoms with Gasteiger partial charge in [0.2, 0.25) is 0 Å². The molecule has 2 atom stereocenters. The van der Waals surface area contributed by atoms with Crippen molar-refractivity contribution in [1.82, 2.24) is 25.0 Å². The lowest BCUT2D eigenvalue weighted by Gasteiger charge is -2.34. The van der Waals surface area contributed by atoms with Crippen LogP contribution in [0.1, 0.15) is 32.4 Å². The molecule has 0 amide bonds. The Bertz CT molecular complexity index is 929. The molecule has 0 saturated carbocycles. The zero-order valence-corrected chi connectivity index (χ0v) is 15.5. The molecule has 1 unspecified atom stereocenters. The predicted octanol–water partition coefficient (Wildman–Crippen LogP) is 2.75. The molecule has 1 N–H and O–H groups in total. The number of hydrogen-bond donors (Lipinski definition) is 1. The van der Waals surface area contributed by atoms with Crippen LogP contribution in [-0.2, 0) is 9.47 Å². The van der Waals surface area contributed by atoms with Crippen LogP contribution in [-0.4, -0.2) is 57.4 Å². The number of aromatic nitrogens is 5. The van der Waals surface area contributed by atoms with Crippen molar-refractivity contribution in [1.29, 1.82) is 0 Å². The SMILES string of the molecule is C[C@@H]1COCCN1c1ccc2[nH]nc(-c3ccn(C4CCCCO4)n3)c2n1. The second-order valence-electron chi connectivity index (χ2n) is 7.26. The van der Waals surface area contributed by atoms with E-state index in [1.165, 1.54) is 6.42 Å². The number of ether oxygens (including phenoxy) is 2. The molecule has 8 heteroatoms. The van der Waals surface area contributed by atoms with Crippen LogP contribution in [0.3, 0.4) is 0 Å². The molecule has 2 fully saturated rings. The lowest BCUT2D eigenvalue weighted by atomic mass is 10.2. The summed E-state index contributed by atoms with van der Waals surface area (Å²) in [5.41, 5.74) is 3.36. The molecular formula is C19H24N6O2. The van der Waals surface area contributed by atoms with E-state index in [4.69, 9.17) is 19.6 Å². The number of H-pyrrole nitrogens is 1. The minimum Gasteiger partial charge on any atom is -0.377 e. The number of rotatable bonds is 3. The normalized spacial score (nSPS) is 23.8. The maximum atomic E-state index is 5.83. The molecule has 2 saturated heterocycles. The zero-order valence-electron chi connectivity index (χ0n) is 15.5. The largest absolute Gasteiger partial charge is 0.377 e. The lowest BCUT2D eigenvalue weighted by Crippen LogP contribution is -2.44. The summed E-state index contributed by atoms with van der Waals surface area (Å²) in [6.07, 6.45) is 5.30. The number of nitrogens with zero attached hydrogens (tertiary/aromatic N) is 5. The van der Waals surface area contributed by atoms with Crippen molar-refractivity contribution in [3.63, 3.8) is 0 Å². The minimum atomic E-state index is 0.0235. The fraction of sp³-hybridized carbons (Fsp3) is 0.526. The third kappa shape index (κ3) is 3.08. The Hall–Kier alpha value is -2.45. The van der Waals surface area contributed by atoms with Crippen molar-refractivity contribution in [3.8, 4) is 11.4 Å². The molecule has 2 aliphatic rings. The molecule has 0 aliphatic carbocycles. The van der Waals surface area contributed by atoms with E-state index in [9.17, 15) is 0 Å². The number of morpholine rings is 1. The van der Waals surface area contributed by atoms with Crippen LogP contribution in [0, 0.1) is 0 Å². The van der Waals surface area contributed by atoms with Gasteiger partial charge in [-0.3, -0.25) is 5.10 Å². The zero-order chi connectivity index (χ0) is 18.2. The van der Waals surface area contributed by atoms with Crippen LogP contribution in [0.4, 0.5) is 5.82 Å². The van der Waals surface area contributed by atoms with Crippen molar-refractivity contribution in [2.45, 2.75) is 38.5 Å². The molecule has 3 aromatic rings. The maximum absolute atomic E-state index is 5.83. The van der Waals surface area contributed by atoms with Crippen molar-refractivity contribution >= 4 is 16.9 Å². The number of anilines is 1. The lowest BCUT2D eigenvalue weighted by molar-refractivity contribution is -0.0393. The Morgan fingerprint density at radius 3 is 3.00 bits per heavy atom. The van der Waals surface area contributed by atoms with Gasteiger partial charge in [0, 0.05) is 19.3 Å². The summed E-state index contributed by atoms with van der Waals surface area (Å²) in [5, 5.41) is 12.3. The topological polar surface area (TPSA) is 81.1 Å². The van der Waals surface area contributed by atoms with Gasteiger partial charge in [0.15, 0.2) is 0 Å². The van der Waals surface area contributed by atoms with Gasteiger partial charge < -0.3 is 14.4 Å². The first kappa shape index (κ1) is 16.7. The first-order valence-corrected chi connectivity index (χ1v) is 9.66. The number of fused-ring (bicyclic) bond motifs is 1. The van der Waals surface area contributed by atoms with E-state index in [0.29, 0.717) is 6.04 Å². The minimum absolute atomic E-state index is 0.0235. The average Bonchev–Trinajstić information content (AvgIpc) is 3.35. The van der Waals surface area contributed by atoms with Crippen molar-refractivity contribution in [2.24, 2.45) is 0 Å². The highest BCUT2D eigenvalue weighted by Crippen LogP contribution is 2.28. The van der Waals surface area contributed by atoms with Crippen molar-refractivity contribution in [3.05, 3.63) is 24.4 Å². The Labute approximate surface area is 157 Å². The fourth-order valence-electron chi connectivity index (χ4n) is 3.85. The molecule has 8 nitrogen and oxygen atoms in total. The van der Waals surface area contributed by atoms with Crippen LogP contribution in [0.15, 0.2) is 24.4 Å². The Balaban J connectivity index is 1.48. The number of nitrogens with one attached hydrogen (secondary N) is 1. The Morgan fingerprint density at radius 2 is 2.15 bits per heavy atom. The molecule has 5 rings (SSSR count). The van der Waals surface area contributed by atoms with Gasteiger partial charge in [0.1, 0.15) is 29.0 Å². The summed E-state index contributed by atoms with van der Waals surface area (Å²) in [7, 11) is 0. The molecule has 142 valence electrons. The molecule has 3 aromatic heterocycles. The maximum Gasteiger partial charge on any atom is 0.150 e. The van der Waals surface area contributed by atoms with Gasteiger partial charge in [-0.15, -0.1) is 0 Å². The molecule has 5 heterocycles. The van der Waals surface area contributed by atoms with Crippen LogP contribution in [0.25, 0.3) is 22.4 Å². The highest BCUT2D eigenvalue weighted by molar-refractivity contribution is 5.89. The van der Waals surface area contributed by atoms with E-state index < -0.39 is 0 Å². The third-order valence-electron chi connectivity index (χ3n) is 5.36. The summed E-state index contributed by atoms with van der Waals surface area (Å²) in [4.78, 5) is 7.19. The van der Waals surface area contributed by atoms with E-state index in [1.54, 1.807) is 0 Å². The fourth-order valence-corrected chi connectivity index (χ4v) is 3.85. The molecule has 0 aromatic carbocycles. The molecule has 0 radical (unpaired) electrons. The first-order chi connectivity index (χ1) is 13.3. The van der Waals surface area contributed by atoms with Gasteiger partial charge in [-0.05, 0) is 44.4 Å². The van der Waals surface area contributed by atoms with E-state index >= 15 is 0 Å². The van der Waals surface area contributed by atoms with E-state index in [-0.39, 0.29) is 6.23 Å². The van der Waals surface area contributed by atoms with Crippen LogP contribution in [0.2, 0.25) is 0 Å². The monoisotopic (exact) mass is 368 g/mol. The summed E-state index contributed by atoms with van der Waals surface area (Å²) >= 11 is 0. The highest BCUT2D eigenvalue weighted by atomic mass is 16.5. The van der Waals surface area contributed by atoms with Gasteiger partial charge in [0.25, 0.3) is 0 Å². The van der Waals surface area contributed by atoms with Crippen LogP contribution >= 0.6 is 0 Å². The third-order valence-corrected chi connectivity index (χ3v) is 5.36. The number of aromatic amines is 1. The molecule has 0 spiro atoms. The van der Waals surface area contributed by atoms with Gasteiger partial charge in [0.05, 0.1) is 24.8 Å². The summed E-state index contributed by atoms with van der Waals surface area (Å²) < 4.78 is 13.3. The number of pyridine rings is 1. The highest BCUT2D eigenvalue weighted by Gasteiger charge is 2.22. The van der Waals surface area contributed by atoms with Gasteiger partial charge >= 0.3 is 0 Å². The molecule has 0 bridgehead atoms. The van der Waals surface area contributed by atoms with Gasteiger partial charge in [-0.1, -0.05) is 0 Å². The van der Waals surface area contributed by atoms with E-state index in [0.717, 1.165) is 67.4 Å². The predicted molar refractivity (Wildman–Crippen MR) is 102 cm³/mol. The van der Waals surface area contributed by atoms with Crippen LogP contribution in [0.5, 0.6) is 0 Å². The summed E-state index contributed by atoms with van der Waals surface area (Å²) in [5.74, 6) is 0.955. The van der Waals surface area contributed by atoms with Crippen molar-refractivity contribution in [2.75, 3.05) is 31.3 Å². The van der Waals surface area contributed by atoms with Crippen LogP contribution < -0.4 is 4.90 Å². The smallest absolute Gasteiger partial charge is 0.150 e. The van der Waals surface area contributed by atoms with E-state index in [2.05, 4.69) is 22.0 Å². The Kier molecular flexibility index (Phi) is 4.29. The van der Waals surface area contributed by atoms with E-state index in [1.807, 2.05) is 29.1 Å². The molecule has 2 aliphatic heterocycles. The van der Waals surface area contributed by atoms with Gasteiger partial charge in [-0.25, -0.2) is 9.67 Å². The number of hydrogen-bond acceptors (Lipinski definition) is 6. The summed E-state index contributed by atoms with van der Waals surface area (Å²) in [6, 6.07) is 6.37. The van der Waals surface area contributed by atoms with Gasteiger partial charge in [-0.2, -0.15) is 10.2 Å². The molecule has 27 heavy (non-hydrogen) atoms. The Morgan fingerprint density at radius 1 is 1.19 bits per heavy atom. The summed E-state index contributed by atoms with van der Waals surface area (Å²) in [6.45, 7) is 5.26. The second-order valence-corrected chi connectivity index (χ2v) is 7.26. The average molecular weight is 368 g/mol. The second kappa shape index (κ2) is 6.94.